The van der Waals surface area contributed by atoms with Gasteiger partial charge < -0.3 is 61.7 Å². The topological polar surface area (TPSA) is 300 Å². The molecule has 0 bridgehead atoms. The Morgan fingerprint density at radius 2 is 0.667 bits per heavy atom. The fourth-order valence-electron chi connectivity index (χ4n) is 4.45. The third-order valence-electron chi connectivity index (χ3n) is 9.55. The second-order valence-corrected chi connectivity index (χ2v) is 19.2. The van der Waals surface area contributed by atoms with E-state index in [1.165, 1.54) is 43.5 Å². The number of furan rings is 1. The van der Waals surface area contributed by atoms with E-state index in [0.717, 1.165) is 85.9 Å². The summed E-state index contributed by atoms with van der Waals surface area (Å²) in [5.41, 5.74) is 1.66. The van der Waals surface area contributed by atoms with Crippen molar-refractivity contribution in [1.29, 1.82) is 0 Å². The minimum absolute atomic E-state index is 0.000602. The largest absolute Gasteiger partial charge is 0.624 e. The zero-order valence-electron chi connectivity index (χ0n) is 50.1. The Hall–Kier alpha value is -7.33. The van der Waals surface area contributed by atoms with Gasteiger partial charge in [-0.15, -0.1) is 0 Å². The maximum atomic E-state index is 11.5. The molecule has 0 aliphatic carbocycles. The number of rotatable bonds is 23. The molecule has 1 heterocycles. The second-order valence-electron chi connectivity index (χ2n) is 19.2. The molecule has 444 valence electrons. The summed E-state index contributed by atoms with van der Waals surface area (Å²) in [6.07, 6.45) is 20.7. The van der Waals surface area contributed by atoms with E-state index in [1.807, 2.05) is 107 Å². The zero-order chi connectivity index (χ0) is 60.9. The number of hydrogen-bond donors (Lipinski definition) is 0. The van der Waals surface area contributed by atoms with Gasteiger partial charge in [0.05, 0.1) is 6.26 Å². The van der Waals surface area contributed by atoms with Gasteiger partial charge in [0, 0.05) is 36.8 Å². The quantitative estimate of drug-likeness (QED) is 0.0334. The molecule has 0 unspecified atom stereocenters. The maximum absolute atomic E-state index is 11.5. The van der Waals surface area contributed by atoms with Crippen LogP contribution in [0.15, 0.2) is 47.1 Å². The average molecular weight is 1100 g/mol. The molecule has 2 aromatic rings. The summed E-state index contributed by atoms with van der Waals surface area (Å²) in [4.78, 5) is 0. The van der Waals surface area contributed by atoms with Gasteiger partial charge >= 0.3 is 0 Å². The molecule has 1 aromatic heterocycles. The van der Waals surface area contributed by atoms with Crippen molar-refractivity contribution in [2.45, 2.75) is 199 Å². The molecular weight excluding hydrogens is 1010 g/mol. The van der Waals surface area contributed by atoms with Crippen LogP contribution in [-0.4, -0.2) is 189 Å². The smallest absolute Gasteiger partial charge is 0.239 e. The minimum Gasteiger partial charge on any atom is -0.624 e. The summed E-state index contributed by atoms with van der Waals surface area (Å²) in [7, 11) is 0. The molecule has 0 amide bonds. The van der Waals surface area contributed by atoms with Crippen molar-refractivity contribution in [3.05, 3.63) is 117 Å². The molecule has 0 N–H and O–H groups in total. The first kappa shape index (κ1) is 77.2. The highest BCUT2D eigenvalue weighted by Gasteiger charge is 2.06. The van der Waals surface area contributed by atoms with Crippen molar-refractivity contribution < 1.29 is 56.5 Å². The van der Waals surface area contributed by atoms with E-state index in [9.17, 15) is 57.3 Å². The summed E-state index contributed by atoms with van der Waals surface area (Å²) in [5, 5.41) is 121. The highest BCUT2D eigenvalue weighted by atomic mass is 16.5. The summed E-state index contributed by atoms with van der Waals surface area (Å²) >= 11 is 0. The Morgan fingerprint density at radius 1 is 0.372 bits per heavy atom. The van der Waals surface area contributed by atoms with Crippen LogP contribution in [0.5, 0.6) is 0 Å². The van der Waals surface area contributed by atoms with Gasteiger partial charge in [0.1, 0.15) is 0 Å². The molecule has 0 radical (unpaired) electrons. The molecule has 0 aliphatic rings. The first-order chi connectivity index (χ1) is 36.4. The minimum atomic E-state index is -0.123. The first-order valence-corrected chi connectivity index (χ1v) is 26.7. The third kappa shape index (κ3) is 46.0. The monoisotopic (exact) mass is 1100 g/mol. The Kier molecular flexibility index (Phi) is 46.4. The number of hydrogen-bond acceptors (Lipinski definition) is 12. The molecule has 2 rings (SSSR count). The number of nitrogens with zero attached hydrogens (tertiary/aromatic N) is 11. The molecule has 0 saturated carbocycles. The highest BCUT2D eigenvalue weighted by molar-refractivity contribution is 6.11. The molecule has 0 atom stereocenters. The van der Waals surface area contributed by atoms with Crippen molar-refractivity contribution in [2.75, 3.05) is 26.2 Å². The maximum Gasteiger partial charge on any atom is 0.239 e. The lowest BCUT2D eigenvalue weighted by Gasteiger charge is -2.08. The van der Waals surface area contributed by atoms with Crippen LogP contribution in [0.2, 0.25) is 0 Å². The number of hydroxylamine groups is 11. The van der Waals surface area contributed by atoms with Gasteiger partial charge in [-0.25, -0.2) is 52.1 Å². The summed E-state index contributed by atoms with van der Waals surface area (Å²) in [6.45, 7) is 34.4. The van der Waals surface area contributed by atoms with E-state index in [0.29, 0.717) is 41.4 Å². The van der Waals surface area contributed by atoms with Crippen LogP contribution in [0.3, 0.4) is 0 Å². The van der Waals surface area contributed by atoms with E-state index in [4.69, 9.17) is 4.42 Å². The molecule has 0 fully saturated rings. The van der Waals surface area contributed by atoms with E-state index in [1.54, 1.807) is 84.8 Å². The normalized spacial score (nSPS) is 13.6. The summed E-state index contributed by atoms with van der Waals surface area (Å²) < 4.78 is 14.0. The summed E-state index contributed by atoms with van der Waals surface area (Å²) in [5.74, 6) is 0.591. The van der Waals surface area contributed by atoms with Crippen LogP contribution < -0.4 is 0 Å². The van der Waals surface area contributed by atoms with Crippen LogP contribution in [0.25, 0.3) is 0 Å². The predicted molar refractivity (Wildman–Crippen MR) is 320 cm³/mol. The van der Waals surface area contributed by atoms with Gasteiger partial charge in [-0.3, -0.25) is 0 Å². The lowest BCUT2D eigenvalue weighted by molar-refractivity contribution is -0.499. The average Bonchev–Trinajstić information content (AvgIpc) is 3.90. The van der Waals surface area contributed by atoms with E-state index < -0.39 is 0 Å². The fourth-order valence-corrected chi connectivity index (χ4v) is 4.45. The van der Waals surface area contributed by atoms with Crippen LogP contribution in [-0.2, 0) is 0 Å². The van der Waals surface area contributed by atoms with Crippen molar-refractivity contribution in [3.63, 3.8) is 0 Å². The van der Waals surface area contributed by atoms with Gasteiger partial charge in [0.15, 0.2) is 99.1 Å². The first-order valence-electron chi connectivity index (χ1n) is 26.7. The van der Waals surface area contributed by atoms with Crippen LogP contribution in [0.4, 0.5) is 0 Å². The second kappa shape index (κ2) is 46.9. The zero-order valence-corrected chi connectivity index (χ0v) is 50.1. The van der Waals surface area contributed by atoms with Crippen molar-refractivity contribution in [3.8, 4) is 0 Å². The van der Waals surface area contributed by atoms with Crippen LogP contribution in [0.1, 0.15) is 174 Å². The lowest BCUT2D eigenvalue weighted by Crippen LogP contribution is -2.20. The van der Waals surface area contributed by atoms with Gasteiger partial charge in [-0.2, -0.15) is 0 Å². The van der Waals surface area contributed by atoms with Gasteiger partial charge in [0.25, 0.3) is 0 Å². The third-order valence-corrected chi connectivity index (χ3v) is 9.55. The van der Waals surface area contributed by atoms with Crippen molar-refractivity contribution in [1.82, 2.24) is 0 Å². The molecule has 0 spiro atoms. The van der Waals surface area contributed by atoms with E-state index in [2.05, 4.69) is 0 Å². The Labute approximate surface area is 465 Å². The van der Waals surface area contributed by atoms with Gasteiger partial charge in [-0.1, -0.05) is 13.8 Å². The van der Waals surface area contributed by atoms with Gasteiger partial charge in [0.2, 0.25) is 43.5 Å². The van der Waals surface area contributed by atoms with Crippen molar-refractivity contribution >= 4 is 68.4 Å². The molecule has 23 nitrogen and oxygen atoms in total. The molecule has 23 heteroatoms. The van der Waals surface area contributed by atoms with Gasteiger partial charge in [-0.05, 0) is 154 Å². The fraction of sp³-hybridized carbons (Fsp3) is 0.618. The number of unbranched alkanes of at least 4 members (excludes halogenated alkanes) is 2. The molecule has 78 heavy (non-hydrogen) atoms. The Balaban J connectivity index is -0.000000426. The van der Waals surface area contributed by atoms with Crippen LogP contribution in [0, 0.1) is 57.3 Å². The standard InChI is InChI=1S/C14H20N2O2.C11H22N2O2.2C8H16N2O2.C8H11NO2.C6H12N2O2/c1-11(2)15(17)9-13-5-7-14(8-6-13)10-16(18)12(3)4;1-10(2)12(14)8-6-5-7-9-13(15)11(3)4;1-7(2)9(11)5-6-10(12)8(3)4;1-3-5-9(11)7-8-10(12)6-4-2;1-7(2)9(10)6-8-4-3-5-11-8;1-3-7(9)5-6-8(10)4-2/h5-12H,1-4H3;8-11H,5-7H2,1-4H3;5-8H,1-4H3;7-8H,3-6H2,1-2H3;3-7H,1-2H3;5-6H,3-4H2,1-2H3/b15-9-,16-10-;12-8-,13-9-;9-5-,10-6-;9-7-,10-8-;9-6-;7-5-,8-6-. The Morgan fingerprint density at radius 3 is 0.923 bits per heavy atom. The molecule has 1 aromatic carbocycles. The van der Waals surface area contributed by atoms with Crippen LogP contribution >= 0.6 is 0 Å². The molecule has 0 saturated heterocycles. The highest BCUT2D eigenvalue weighted by Crippen LogP contribution is 2.02. The van der Waals surface area contributed by atoms with E-state index in [-0.39, 0.29) is 42.3 Å². The predicted octanol–water partition coefficient (Wildman–Crippen LogP) is 8.24. The number of benzene rings is 1. The summed E-state index contributed by atoms with van der Waals surface area (Å²) in [6, 6.07) is 10.4. The molecule has 0 aliphatic heterocycles. The van der Waals surface area contributed by atoms with E-state index >= 15 is 0 Å². The SMILES string of the molecule is CC(C)/[N+]([O-])=C/C=[N+](\[O-])C(C)C.CC(C)/[N+]([O-])=C/CCC/C=[N+](\[O-])C(C)C.CC(C)/[N+]([O-])=C/c1ccc(/C=[N+](\[O-])C(C)C)cc1.CC(C)/[N+]([O-])=C/c1ccco1.CC/[N+]([O-])=C/C=[N+](\[O-])CC.CCC/[N+]([O-])=C/C=[N+](\[O-])CCC. The Bertz CT molecular complexity index is 2100. The van der Waals surface area contributed by atoms with Crippen molar-refractivity contribution in [2.24, 2.45) is 0 Å². The lowest BCUT2D eigenvalue weighted by atomic mass is 10.1. The molecular formula is C55H97N11O12.